The largest absolute Gasteiger partial charge is 0.463 e. The molecule has 4 rings (SSSR count). The van der Waals surface area contributed by atoms with Crippen LogP contribution in [0.25, 0.3) is 11.0 Å². The number of fused-ring (bicyclic) bond motifs is 1. The zero-order chi connectivity index (χ0) is 27.4. The van der Waals surface area contributed by atoms with E-state index in [1.54, 1.807) is 54.6 Å². The first-order chi connectivity index (χ1) is 18.2. The number of aryl methyl sites for hydroxylation is 1. The molecule has 1 heterocycles. The maximum atomic E-state index is 13.1. The number of rotatable bonds is 8. The summed E-state index contributed by atoms with van der Waals surface area (Å²) in [7, 11) is 0.928. The van der Waals surface area contributed by atoms with Gasteiger partial charge < -0.3 is 15.0 Å². The number of ketones is 3. The average molecular weight is 511 g/mol. The van der Waals surface area contributed by atoms with Gasteiger partial charge >= 0.3 is 5.97 Å². The van der Waals surface area contributed by atoms with E-state index in [-0.39, 0.29) is 28.1 Å². The smallest absolute Gasteiger partial charge is 0.375 e. The minimum atomic E-state index is -2.15. The summed E-state index contributed by atoms with van der Waals surface area (Å²) < 4.78 is 4.44. The highest BCUT2D eigenvalue weighted by molar-refractivity contribution is 6.52. The number of aromatic amines is 1. The number of anilines is 1. The molecule has 38 heavy (non-hydrogen) atoms. The molecule has 10 nitrogen and oxygen atoms in total. The van der Waals surface area contributed by atoms with Gasteiger partial charge in [0.05, 0.1) is 18.1 Å². The maximum absolute atomic E-state index is 13.1. The fraction of sp³-hybridized carbons (Fsp3) is 0.107. The number of nitrogens with one attached hydrogen (secondary N) is 2. The van der Waals surface area contributed by atoms with E-state index in [1.165, 1.54) is 18.2 Å². The van der Waals surface area contributed by atoms with Crippen LogP contribution in [0.5, 0.6) is 0 Å². The third-order valence-electron chi connectivity index (χ3n) is 5.73. The summed E-state index contributed by atoms with van der Waals surface area (Å²) in [5.74, 6) is -7.87. The van der Waals surface area contributed by atoms with Crippen LogP contribution in [0.1, 0.15) is 33.1 Å². The third-order valence-corrected chi connectivity index (χ3v) is 5.73. The predicted molar refractivity (Wildman–Crippen MR) is 137 cm³/mol. The molecular weight excluding hydrogens is 490 g/mol. The van der Waals surface area contributed by atoms with Crippen LogP contribution in [-0.4, -0.2) is 46.3 Å². The maximum Gasteiger partial charge on any atom is 0.375 e. The molecule has 0 aliphatic carbocycles. The van der Waals surface area contributed by atoms with Crippen molar-refractivity contribution in [1.29, 1.82) is 0 Å². The Bertz CT molecular complexity index is 1640. The third kappa shape index (κ3) is 5.29. The van der Waals surface area contributed by atoms with Crippen molar-refractivity contribution in [2.75, 3.05) is 12.4 Å². The van der Waals surface area contributed by atoms with Gasteiger partial charge in [-0.25, -0.2) is 9.78 Å². The van der Waals surface area contributed by atoms with Gasteiger partial charge in [-0.1, -0.05) is 48.0 Å². The molecule has 10 heteroatoms. The molecule has 0 saturated heterocycles. The van der Waals surface area contributed by atoms with E-state index in [4.69, 9.17) is 0 Å². The van der Waals surface area contributed by atoms with Crippen molar-refractivity contribution >= 4 is 45.9 Å². The lowest BCUT2D eigenvalue weighted by Gasteiger charge is -2.13. The summed E-state index contributed by atoms with van der Waals surface area (Å²) >= 11 is 0. The van der Waals surface area contributed by atoms with Gasteiger partial charge in [-0.15, -0.1) is 0 Å². The molecule has 0 aliphatic heterocycles. The Labute approximate surface area is 215 Å². The van der Waals surface area contributed by atoms with Crippen LogP contribution in [0.3, 0.4) is 0 Å². The molecule has 0 spiro atoms. The number of hydrogen-bond acceptors (Lipinski definition) is 8. The van der Waals surface area contributed by atoms with E-state index >= 15 is 0 Å². The number of methoxy groups -OCH3 is 1. The second-order valence-electron chi connectivity index (χ2n) is 8.35. The van der Waals surface area contributed by atoms with E-state index in [0.717, 1.165) is 12.7 Å². The van der Waals surface area contributed by atoms with Crippen LogP contribution >= 0.6 is 0 Å². The molecule has 190 valence electrons. The monoisotopic (exact) mass is 511 g/mol. The highest BCUT2D eigenvalue weighted by Gasteiger charge is 2.40. The minimum Gasteiger partial charge on any atom is -0.463 e. The molecule has 0 saturated carbocycles. The summed E-state index contributed by atoms with van der Waals surface area (Å²) in [6.45, 7) is 1.83. The number of carbonyl (C=O) groups is 5. The van der Waals surface area contributed by atoms with Crippen molar-refractivity contribution in [2.45, 2.75) is 12.8 Å². The first-order valence-corrected chi connectivity index (χ1v) is 11.4. The Hall–Kier alpha value is -5.25. The number of aromatic nitrogens is 2. The number of carbonyl (C=O) groups excluding carboxylic acids is 5. The minimum absolute atomic E-state index is 0.124. The second-order valence-corrected chi connectivity index (χ2v) is 8.35. The molecule has 4 aromatic rings. The zero-order valence-electron chi connectivity index (χ0n) is 20.3. The van der Waals surface area contributed by atoms with Gasteiger partial charge in [0.25, 0.3) is 17.2 Å². The Kier molecular flexibility index (Phi) is 7.33. The van der Waals surface area contributed by atoms with Gasteiger partial charge in [0, 0.05) is 16.8 Å². The number of Topliss-reactive ketones (excluding diaryl/α,β-unsaturated/α-hetero) is 2. The normalized spacial score (nSPS) is 11.4. The van der Waals surface area contributed by atoms with Crippen LogP contribution in [0, 0.1) is 6.92 Å². The van der Waals surface area contributed by atoms with Crippen LogP contribution < -0.4 is 10.9 Å². The molecule has 0 fully saturated rings. The SMILES string of the molecule is COC(=O)C(=O)[C@@H](C(=O)C(=O)Nc1ccc(C)cc1)c1nc2ccc(C(=O)c3ccccc3)cc2[nH]c1=O. The quantitative estimate of drug-likeness (QED) is 0.158. The van der Waals surface area contributed by atoms with Crippen molar-refractivity contribution in [3.63, 3.8) is 0 Å². The molecule has 1 aromatic heterocycles. The summed E-state index contributed by atoms with van der Waals surface area (Å²) in [5.41, 5.74) is 0.528. The van der Waals surface area contributed by atoms with Crippen molar-refractivity contribution in [3.05, 3.63) is 106 Å². The summed E-state index contributed by atoms with van der Waals surface area (Å²) in [5, 5.41) is 2.35. The van der Waals surface area contributed by atoms with Gasteiger partial charge in [-0.3, -0.25) is 24.0 Å². The van der Waals surface area contributed by atoms with Crippen LogP contribution in [-0.2, 0) is 23.9 Å². The van der Waals surface area contributed by atoms with Crippen LogP contribution in [0.2, 0.25) is 0 Å². The molecule has 0 aliphatic rings. The van der Waals surface area contributed by atoms with Gasteiger partial charge in [-0.2, -0.15) is 0 Å². The van der Waals surface area contributed by atoms with Crippen molar-refractivity contribution in [1.82, 2.24) is 9.97 Å². The standard InChI is InChI=1S/C28H21N3O7/c1-15-8-11-18(12-9-15)29-27(36)24(33)21(25(34)28(37)38-2)22-26(35)31-20-14-17(10-13-19(20)30-22)23(32)16-6-4-3-5-7-16/h3-14,21H,1-2H3,(H,29,36)(H,31,35)/t21-/m1/s1. The number of benzene rings is 3. The fourth-order valence-electron chi connectivity index (χ4n) is 3.74. The number of H-pyrrole nitrogens is 1. The first kappa shape index (κ1) is 25.8. The number of ether oxygens (including phenoxy) is 1. The second kappa shape index (κ2) is 10.8. The number of nitrogens with zero attached hydrogens (tertiary/aromatic N) is 1. The molecule has 1 amide bonds. The van der Waals surface area contributed by atoms with Crippen LogP contribution in [0.15, 0.2) is 77.6 Å². The van der Waals surface area contributed by atoms with Crippen LogP contribution in [0.4, 0.5) is 5.69 Å². The zero-order valence-corrected chi connectivity index (χ0v) is 20.3. The van der Waals surface area contributed by atoms with E-state index in [0.29, 0.717) is 5.56 Å². The Morgan fingerprint density at radius 2 is 1.55 bits per heavy atom. The van der Waals surface area contributed by atoms with E-state index in [9.17, 15) is 28.8 Å². The van der Waals surface area contributed by atoms with Gasteiger partial charge in [0.2, 0.25) is 5.78 Å². The molecule has 3 aromatic carbocycles. The number of esters is 1. The van der Waals surface area contributed by atoms with Gasteiger partial charge in [-0.05, 0) is 37.3 Å². The molecule has 1 atom stereocenters. The highest BCUT2D eigenvalue weighted by Crippen LogP contribution is 2.20. The van der Waals surface area contributed by atoms with Crippen molar-refractivity contribution < 1.29 is 28.7 Å². The number of amides is 1. The average Bonchev–Trinajstić information content (AvgIpc) is 2.93. The first-order valence-electron chi connectivity index (χ1n) is 11.4. The lowest BCUT2D eigenvalue weighted by molar-refractivity contribution is -0.154. The fourth-order valence-corrected chi connectivity index (χ4v) is 3.74. The lowest BCUT2D eigenvalue weighted by Crippen LogP contribution is -2.39. The summed E-state index contributed by atoms with van der Waals surface area (Å²) in [6.07, 6.45) is 0. The topological polar surface area (TPSA) is 152 Å². The van der Waals surface area contributed by atoms with E-state index in [2.05, 4.69) is 20.0 Å². The molecule has 0 bridgehead atoms. The van der Waals surface area contributed by atoms with E-state index in [1.807, 2.05) is 6.92 Å². The van der Waals surface area contributed by atoms with Gasteiger partial charge in [0.1, 0.15) is 11.6 Å². The lowest BCUT2D eigenvalue weighted by atomic mass is 9.94. The number of hydrogen-bond donors (Lipinski definition) is 2. The summed E-state index contributed by atoms with van der Waals surface area (Å²) in [4.78, 5) is 83.0. The van der Waals surface area contributed by atoms with Crippen molar-refractivity contribution in [2.24, 2.45) is 0 Å². The molecule has 2 N–H and O–H groups in total. The Balaban J connectivity index is 1.73. The predicted octanol–water partition coefficient (Wildman–Crippen LogP) is 2.50. The molecular formula is C28H21N3O7. The van der Waals surface area contributed by atoms with Crippen molar-refractivity contribution in [3.8, 4) is 0 Å². The Morgan fingerprint density at radius 1 is 0.868 bits per heavy atom. The highest BCUT2D eigenvalue weighted by atomic mass is 16.5. The molecule has 0 unspecified atom stereocenters. The van der Waals surface area contributed by atoms with E-state index < -0.39 is 40.6 Å². The van der Waals surface area contributed by atoms with Gasteiger partial charge in [0.15, 0.2) is 5.78 Å². The Morgan fingerprint density at radius 3 is 2.21 bits per heavy atom. The summed E-state index contributed by atoms with van der Waals surface area (Å²) in [6, 6.07) is 19.3. The molecule has 0 radical (unpaired) electrons.